The van der Waals surface area contributed by atoms with Gasteiger partial charge in [-0.05, 0) is 36.8 Å². The summed E-state index contributed by atoms with van der Waals surface area (Å²) < 4.78 is 5.13. The number of allylic oxidation sites excluding steroid dienone is 1. The average Bonchev–Trinajstić information content (AvgIpc) is 2.53. The molecule has 0 aliphatic heterocycles. The van der Waals surface area contributed by atoms with Crippen molar-refractivity contribution in [2.24, 2.45) is 4.66 Å². The molecule has 0 amide bonds. The van der Waals surface area contributed by atoms with Crippen molar-refractivity contribution in [2.75, 3.05) is 0 Å². The van der Waals surface area contributed by atoms with Gasteiger partial charge in [-0.3, -0.25) is 0 Å². The van der Waals surface area contributed by atoms with Crippen molar-refractivity contribution >= 4 is 27.9 Å². The molecule has 132 valence electrons. The molecular weight excluding hydrogens is 336 g/mol. The Morgan fingerprint density at radius 1 is 0.760 bits per heavy atom. The van der Waals surface area contributed by atoms with Crippen molar-refractivity contribution in [1.29, 1.82) is 0 Å². The number of rotatable bonds is 6. The topological polar surface area (TPSA) is 24.4 Å². The highest BCUT2D eigenvalue weighted by Gasteiger charge is 2.18. The third kappa shape index (κ3) is 6.84. The molecule has 0 unspecified atom stereocenters. The first-order chi connectivity index (χ1) is 11.6. The minimum absolute atomic E-state index is 1.07. The van der Waals surface area contributed by atoms with E-state index in [2.05, 4.69) is 111 Å². The van der Waals surface area contributed by atoms with Gasteiger partial charge in [0, 0.05) is 5.70 Å². The second-order valence-electron chi connectivity index (χ2n) is 8.33. The molecule has 0 radical (unpaired) electrons. The molecule has 25 heavy (non-hydrogen) atoms. The maximum Gasteiger partial charge on any atom is 0.173 e. The number of nitrogens with one attached hydrogen (secondary N) is 1. The van der Waals surface area contributed by atoms with Crippen LogP contribution in [0.3, 0.4) is 0 Å². The van der Waals surface area contributed by atoms with E-state index in [1.807, 2.05) is 0 Å². The van der Waals surface area contributed by atoms with Gasteiger partial charge in [-0.25, -0.2) is 0 Å². The standard InChI is InChI=1S/C21H30N2Si2/c1-24(2,3)22-20(18-13-9-7-10-14-18)17-21(23-25(4,5)6)19-15-11-8-12-16-19/h7-17,22H,1-6H3/b20-17+,23-21+. The van der Waals surface area contributed by atoms with E-state index in [0.29, 0.717) is 0 Å². The zero-order chi connectivity index (χ0) is 18.5. The Kier molecular flexibility index (Phi) is 6.19. The van der Waals surface area contributed by atoms with Crippen LogP contribution >= 0.6 is 0 Å². The van der Waals surface area contributed by atoms with E-state index < -0.39 is 16.5 Å². The van der Waals surface area contributed by atoms with Gasteiger partial charge in [0.15, 0.2) is 8.24 Å². The molecule has 0 saturated heterocycles. The number of benzene rings is 2. The van der Waals surface area contributed by atoms with Gasteiger partial charge < -0.3 is 9.64 Å². The lowest BCUT2D eigenvalue weighted by Crippen LogP contribution is -2.40. The van der Waals surface area contributed by atoms with Gasteiger partial charge in [0.25, 0.3) is 0 Å². The van der Waals surface area contributed by atoms with Gasteiger partial charge in [-0.15, -0.1) is 0 Å². The van der Waals surface area contributed by atoms with Gasteiger partial charge in [0.1, 0.15) is 8.24 Å². The van der Waals surface area contributed by atoms with Crippen LogP contribution in [-0.4, -0.2) is 22.2 Å². The first-order valence-electron chi connectivity index (χ1n) is 8.85. The van der Waals surface area contributed by atoms with Crippen LogP contribution in [0, 0.1) is 0 Å². The van der Waals surface area contributed by atoms with Gasteiger partial charge in [-0.2, -0.15) is 0 Å². The molecule has 0 aliphatic rings. The van der Waals surface area contributed by atoms with Crippen LogP contribution < -0.4 is 4.98 Å². The molecular formula is C21H30N2Si2. The zero-order valence-electron chi connectivity index (χ0n) is 16.3. The molecule has 0 fully saturated rings. The maximum absolute atomic E-state index is 5.13. The molecule has 0 aliphatic carbocycles. The number of hydrogen-bond donors (Lipinski definition) is 1. The van der Waals surface area contributed by atoms with Crippen LogP contribution in [0.15, 0.2) is 71.4 Å². The van der Waals surface area contributed by atoms with Crippen LogP contribution in [0.1, 0.15) is 11.1 Å². The smallest absolute Gasteiger partial charge is 0.173 e. The second kappa shape index (κ2) is 7.98. The summed E-state index contributed by atoms with van der Waals surface area (Å²) in [5, 5.41) is 0. The summed E-state index contributed by atoms with van der Waals surface area (Å²) in [6, 6.07) is 21.1. The maximum atomic E-state index is 5.13. The van der Waals surface area contributed by atoms with E-state index in [1.165, 1.54) is 16.8 Å². The second-order valence-corrected chi connectivity index (χ2v) is 17.6. The van der Waals surface area contributed by atoms with Crippen molar-refractivity contribution in [3.05, 3.63) is 77.9 Å². The minimum Gasteiger partial charge on any atom is -0.410 e. The molecule has 2 aromatic rings. The highest BCUT2D eigenvalue weighted by molar-refractivity contribution is 6.76. The molecule has 2 rings (SSSR count). The molecule has 0 saturated carbocycles. The summed E-state index contributed by atoms with van der Waals surface area (Å²) in [6.45, 7) is 13.8. The first-order valence-corrected chi connectivity index (χ1v) is 15.8. The van der Waals surface area contributed by atoms with E-state index in [0.717, 1.165) is 5.71 Å². The molecule has 0 bridgehead atoms. The molecule has 0 aromatic heterocycles. The summed E-state index contributed by atoms with van der Waals surface area (Å²) in [5.74, 6) is 0. The average molecular weight is 367 g/mol. The molecule has 0 atom stereocenters. The van der Waals surface area contributed by atoms with Crippen molar-refractivity contribution in [2.45, 2.75) is 39.3 Å². The number of nitrogens with zero attached hydrogens (tertiary/aromatic N) is 1. The largest absolute Gasteiger partial charge is 0.410 e. The van der Waals surface area contributed by atoms with Gasteiger partial charge in [0.05, 0.1) is 5.71 Å². The predicted octanol–water partition coefficient (Wildman–Crippen LogP) is 5.78. The van der Waals surface area contributed by atoms with E-state index in [1.54, 1.807) is 0 Å². The minimum atomic E-state index is -1.60. The Labute approximate surface area is 154 Å². The number of hydrogen-bond acceptors (Lipinski definition) is 2. The Morgan fingerprint density at radius 2 is 1.24 bits per heavy atom. The van der Waals surface area contributed by atoms with E-state index in [4.69, 9.17) is 4.66 Å². The lowest BCUT2D eigenvalue weighted by atomic mass is 10.1. The molecule has 2 aromatic carbocycles. The van der Waals surface area contributed by atoms with Crippen LogP contribution in [-0.2, 0) is 0 Å². The highest BCUT2D eigenvalue weighted by Crippen LogP contribution is 2.18. The molecule has 1 N–H and O–H groups in total. The predicted molar refractivity (Wildman–Crippen MR) is 117 cm³/mol. The van der Waals surface area contributed by atoms with Crippen molar-refractivity contribution in [3.8, 4) is 0 Å². The van der Waals surface area contributed by atoms with E-state index in [9.17, 15) is 0 Å². The van der Waals surface area contributed by atoms with Crippen LogP contribution in [0.2, 0.25) is 39.3 Å². The summed E-state index contributed by atoms with van der Waals surface area (Å²) in [7, 11) is -3.09. The Morgan fingerprint density at radius 3 is 1.68 bits per heavy atom. The van der Waals surface area contributed by atoms with Gasteiger partial charge >= 0.3 is 0 Å². The quantitative estimate of drug-likeness (QED) is 0.509. The van der Waals surface area contributed by atoms with Crippen molar-refractivity contribution in [3.63, 3.8) is 0 Å². The monoisotopic (exact) mass is 366 g/mol. The summed E-state index contributed by atoms with van der Waals surface area (Å²) in [5.41, 5.74) is 4.63. The molecule has 2 nitrogen and oxygen atoms in total. The summed E-state index contributed by atoms with van der Waals surface area (Å²) >= 11 is 0. The van der Waals surface area contributed by atoms with E-state index in [-0.39, 0.29) is 0 Å². The normalized spacial score (nSPS) is 13.7. The summed E-state index contributed by atoms with van der Waals surface area (Å²) in [4.78, 5) is 3.79. The zero-order valence-corrected chi connectivity index (χ0v) is 18.3. The fourth-order valence-corrected chi connectivity index (χ4v) is 4.44. The molecule has 0 heterocycles. The van der Waals surface area contributed by atoms with Gasteiger partial charge in [-0.1, -0.05) is 80.3 Å². The highest BCUT2D eigenvalue weighted by atomic mass is 28.3. The first kappa shape index (κ1) is 19.4. The fourth-order valence-electron chi connectivity index (χ4n) is 2.50. The van der Waals surface area contributed by atoms with Crippen LogP contribution in [0.5, 0.6) is 0 Å². The van der Waals surface area contributed by atoms with E-state index >= 15 is 0 Å². The fraction of sp³-hybridized carbons (Fsp3) is 0.286. The Balaban J connectivity index is 2.57. The Bertz CT molecular complexity index is 737. The van der Waals surface area contributed by atoms with Crippen LogP contribution in [0.4, 0.5) is 0 Å². The SMILES string of the molecule is C[Si](C)(C)/N=C(\C=C(\N[Si](C)(C)C)c1ccccc1)c1ccccc1. The molecule has 4 heteroatoms. The van der Waals surface area contributed by atoms with Crippen molar-refractivity contribution < 1.29 is 0 Å². The Hall–Kier alpha value is -1.92. The van der Waals surface area contributed by atoms with Crippen LogP contribution in [0.25, 0.3) is 5.70 Å². The molecule has 0 spiro atoms. The summed E-state index contributed by atoms with van der Waals surface area (Å²) in [6.07, 6.45) is 2.24. The lowest BCUT2D eigenvalue weighted by Gasteiger charge is -2.23. The third-order valence-electron chi connectivity index (χ3n) is 3.40. The third-order valence-corrected chi connectivity index (χ3v) is 5.33. The van der Waals surface area contributed by atoms with Gasteiger partial charge in [0.2, 0.25) is 0 Å². The van der Waals surface area contributed by atoms with Crippen molar-refractivity contribution in [1.82, 2.24) is 4.98 Å². The lowest BCUT2D eigenvalue weighted by molar-refractivity contribution is 1.27.